The Balaban J connectivity index is 1.87. The van der Waals surface area contributed by atoms with E-state index in [-0.39, 0.29) is 12.5 Å². The summed E-state index contributed by atoms with van der Waals surface area (Å²) >= 11 is 0. The molecule has 0 aromatic heterocycles. The number of hydrogen-bond acceptors (Lipinski definition) is 3. The number of nitrogens with two attached hydrogens (primary N) is 1. The smallest absolute Gasteiger partial charge is 0.312 e. The molecule has 23 heavy (non-hydrogen) atoms. The second-order valence-electron chi connectivity index (χ2n) is 5.07. The van der Waals surface area contributed by atoms with Gasteiger partial charge in [-0.3, -0.25) is 4.79 Å². The molecule has 2 aromatic carbocycles. The minimum Gasteiger partial charge on any atom is -0.392 e. The summed E-state index contributed by atoms with van der Waals surface area (Å²) in [5.41, 5.74) is 8.21. The number of rotatable bonds is 6. The SMILES string of the molecule is NC(=O)NCc1ccc(CNC(=O)c2ccc(CO)cc2)cc1. The van der Waals surface area contributed by atoms with Crippen LogP contribution < -0.4 is 16.4 Å². The molecule has 0 saturated heterocycles. The van der Waals surface area contributed by atoms with E-state index in [1.807, 2.05) is 24.3 Å². The van der Waals surface area contributed by atoms with Gasteiger partial charge in [0.05, 0.1) is 6.61 Å². The summed E-state index contributed by atoms with van der Waals surface area (Å²) in [5.74, 6) is -0.172. The van der Waals surface area contributed by atoms with Gasteiger partial charge in [-0.2, -0.15) is 0 Å². The predicted molar refractivity (Wildman–Crippen MR) is 86.4 cm³/mol. The highest BCUT2D eigenvalue weighted by atomic mass is 16.3. The predicted octanol–water partition coefficient (Wildman–Crippen LogP) is 1.28. The Labute approximate surface area is 134 Å². The molecule has 6 heteroatoms. The van der Waals surface area contributed by atoms with E-state index < -0.39 is 6.03 Å². The van der Waals surface area contributed by atoms with E-state index in [9.17, 15) is 9.59 Å². The van der Waals surface area contributed by atoms with Crippen LogP contribution in [0.1, 0.15) is 27.0 Å². The molecule has 6 nitrogen and oxygen atoms in total. The van der Waals surface area contributed by atoms with Crippen LogP contribution in [-0.4, -0.2) is 17.0 Å². The van der Waals surface area contributed by atoms with Gasteiger partial charge in [-0.1, -0.05) is 36.4 Å². The number of carbonyl (C=O) groups excluding carboxylic acids is 2. The van der Waals surface area contributed by atoms with Crippen molar-refractivity contribution in [3.8, 4) is 0 Å². The van der Waals surface area contributed by atoms with Gasteiger partial charge in [-0.25, -0.2) is 4.79 Å². The maximum absolute atomic E-state index is 12.0. The van der Waals surface area contributed by atoms with Crippen LogP contribution in [0.5, 0.6) is 0 Å². The normalized spacial score (nSPS) is 10.1. The number of hydrogen-bond donors (Lipinski definition) is 4. The Morgan fingerprint density at radius 2 is 1.30 bits per heavy atom. The first-order chi connectivity index (χ1) is 11.1. The van der Waals surface area contributed by atoms with Gasteiger partial charge >= 0.3 is 6.03 Å². The Kier molecular flexibility index (Phi) is 5.71. The third kappa shape index (κ3) is 5.12. The van der Waals surface area contributed by atoms with Crippen molar-refractivity contribution in [2.75, 3.05) is 0 Å². The van der Waals surface area contributed by atoms with Crippen LogP contribution in [0.25, 0.3) is 0 Å². The second-order valence-corrected chi connectivity index (χ2v) is 5.07. The summed E-state index contributed by atoms with van der Waals surface area (Å²) in [6, 6.07) is 13.7. The van der Waals surface area contributed by atoms with Crippen molar-refractivity contribution in [2.45, 2.75) is 19.7 Å². The van der Waals surface area contributed by atoms with E-state index in [4.69, 9.17) is 10.8 Å². The lowest BCUT2D eigenvalue weighted by Gasteiger charge is -2.07. The largest absolute Gasteiger partial charge is 0.392 e. The topological polar surface area (TPSA) is 104 Å². The zero-order valence-electron chi connectivity index (χ0n) is 12.6. The highest BCUT2D eigenvalue weighted by Crippen LogP contribution is 2.07. The van der Waals surface area contributed by atoms with Crippen molar-refractivity contribution in [1.82, 2.24) is 10.6 Å². The van der Waals surface area contributed by atoms with Crippen LogP contribution in [0.15, 0.2) is 48.5 Å². The van der Waals surface area contributed by atoms with Crippen molar-refractivity contribution in [1.29, 1.82) is 0 Å². The van der Waals surface area contributed by atoms with E-state index in [0.29, 0.717) is 18.7 Å². The van der Waals surface area contributed by atoms with Crippen LogP contribution in [0.4, 0.5) is 4.79 Å². The quantitative estimate of drug-likeness (QED) is 0.645. The summed E-state index contributed by atoms with van der Waals surface area (Å²) in [6.45, 7) is 0.738. The molecule has 0 atom stereocenters. The van der Waals surface area contributed by atoms with E-state index in [1.54, 1.807) is 24.3 Å². The molecule has 0 fully saturated rings. The monoisotopic (exact) mass is 313 g/mol. The van der Waals surface area contributed by atoms with Crippen LogP contribution in [0.2, 0.25) is 0 Å². The highest BCUT2D eigenvalue weighted by molar-refractivity contribution is 5.94. The Morgan fingerprint density at radius 1 is 0.826 bits per heavy atom. The van der Waals surface area contributed by atoms with E-state index in [0.717, 1.165) is 16.7 Å². The maximum Gasteiger partial charge on any atom is 0.312 e. The van der Waals surface area contributed by atoms with E-state index >= 15 is 0 Å². The fourth-order valence-corrected chi connectivity index (χ4v) is 2.01. The van der Waals surface area contributed by atoms with Crippen LogP contribution in [0.3, 0.4) is 0 Å². The molecular weight excluding hydrogens is 294 g/mol. The van der Waals surface area contributed by atoms with Crippen LogP contribution in [-0.2, 0) is 19.7 Å². The van der Waals surface area contributed by atoms with E-state index in [1.165, 1.54) is 0 Å². The highest BCUT2D eigenvalue weighted by Gasteiger charge is 2.05. The summed E-state index contributed by atoms with van der Waals surface area (Å²) in [6.07, 6.45) is 0. The minimum atomic E-state index is -0.562. The summed E-state index contributed by atoms with van der Waals surface area (Å²) in [4.78, 5) is 22.7. The third-order valence-electron chi connectivity index (χ3n) is 3.34. The first kappa shape index (κ1) is 16.5. The van der Waals surface area contributed by atoms with Gasteiger partial charge in [0.1, 0.15) is 0 Å². The van der Waals surface area contributed by atoms with Gasteiger partial charge in [-0.15, -0.1) is 0 Å². The molecule has 2 aromatic rings. The summed E-state index contributed by atoms with van der Waals surface area (Å²) in [7, 11) is 0. The third-order valence-corrected chi connectivity index (χ3v) is 3.34. The van der Waals surface area contributed by atoms with Gasteiger partial charge < -0.3 is 21.5 Å². The first-order valence-electron chi connectivity index (χ1n) is 7.17. The number of primary amides is 1. The zero-order chi connectivity index (χ0) is 16.7. The minimum absolute atomic E-state index is 0.0428. The maximum atomic E-state index is 12.0. The number of aliphatic hydroxyl groups excluding tert-OH is 1. The van der Waals surface area contributed by atoms with Crippen molar-refractivity contribution in [3.63, 3.8) is 0 Å². The number of benzene rings is 2. The zero-order valence-corrected chi connectivity index (χ0v) is 12.6. The average molecular weight is 313 g/mol. The fraction of sp³-hybridized carbons (Fsp3) is 0.176. The molecule has 0 aliphatic carbocycles. The lowest BCUT2D eigenvalue weighted by atomic mass is 10.1. The molecular formula is C17H19N3O3. The van der Waals surface area contributed by atoms with Crippen molar-refractivity contribution in [2.24, 2.45) is 5.73 Å². The molecule has 0 spiro atoms. The molecule has 0 saturated carbocycles. The standard InChI is InChI=1S/C17H19N3O3/c18-17(23)20-10-13-3-1-12(2-4-13)9-19-16(22)15-7-5-14(11-21)6-8-15/h1-8,21H,9-11H2,(H,19,22)(H3,18,20,23). The van der Waals surface area contributed by atoms with Gasteiger partial charge in [0.15, 0.2) is 0 Å². The average Bonchev–Trinajstić information content (AvgIpc) is 2.58. The van der Waals surface area contributed by atoms with E-state index in [2.05, 4.69) is 10.6 Å². The molecule has 5 N–H and O–H groups in total. The Bertz CT molecular complexity index is 666. The lowest BCUT2D eigenvalue weighted by molar-refractivity contribution is 0.0951. The van der Waals surface area contributed by atoms with Crippen LogP contribution >= 0.6 is 0 Å². The number of urea groups is 1. The number of carbonyl (C=O) groups is 2. The van der Waals surface area contributed by atoms with Gasteiger partial charge in [-0.05, 0) is 28.8 Å². The van der Waals surface area contributed by atoms with Gasteiger partial charge in [0.25, 0.3) is 5.91 Å². The molecule has 0 radical (unpaired) electrons. The number of nitrogens with one attached hydrogen (secondary N) is 2. The summed E-state index contributed by atoms with van der Waals surface area (Å²) in [5, 5.41) is 14.3. The molecule has 0 aliphatic rings. The van der Waals surface area contributed by atoms with Gasteiger partial charge in [0, 0.05) is 18.7 Å². The Morgan fingerprint density at radius 3 is 1.78 bits per heavy atom. The Hall–Kier alpha value is -2.86. The molecule has 0 heterocycles. The first-order valence-corrected chi connectivity index (χ1v) is 7.17. The number of amides is 3. The molecule has 120 valence electrons. The van der Waals surface area contributed by atoms with Crippen LogP contribution in [0, 0.1) is 0 Å². The number of aliphatic hydroxyl groups is 1. The lowest BCUT2D eigenvalue weighted by Crippen LogP contribution is -2.28. The molecule has 0 bridgehead atoms. The molecule has 3 amide bonds. The van der Waals surface area contributed by atoms with Crippen molar-refractivity contribution >= 4 is 11.9 Å². The second kappa shape index (κ2) is 7.95. The van der Waals surface area contributed by atoms with Gasteiger partial charge in [0.2, 0.25) is 0 Å². The summed E-state index contributed by atoms with van der Waals surface area (Å²) < 4.78 is 0. The van der Waals surface area contributed by atoms with Crippen molar-refractivity contribution in [3.05, 3.63) is 70.8 Å². The van der Waals surface area contributed by atoms with Crippen molar-refractivity contribution < 1.29 is 14.7 Å². The molecule has 0 aliphatic heterocycles. The molecule has 2 rings (SSSR count). The molecule has 0 unspecified atom stereocenters. The fourth-order valence-electron chi connectivity index (χ4n) is 2.01.